The first-order valence-electron chi connectivity index (χ1n) is 12.6. The number of carbonyl (C=O) groups is 2. The van der Waals surface area contributed by atoms with Crippen LogP contribution in [0, 0.1) is 0 Å². The fourth-order valence-electron chi connectivity index (χ4n) is 5.11. The quantitative estimate of drug-likeness (QED) is 0.533. The van der Waals surface area contributed by atoms with Crippen molar-refractivity contribution in [1.82, 2.24) is 15.2 Å². The highest BCUT2D eigenvalue weighted by Gasteiger charge is 2.51. The molecule has 0 saturated carbocycles. The number of carbonyl (C=O) groups excluding carboxylic acids is 2. The van der Waals surface area contributed by atoms with E-state index in [1.165, 1.54) is 0 Å². The number of amides is 2. The molecule has 2 aliphatic rings. The van der Waals surface area contributed by atoms with Gasteiger partial charge in [0.2, 0.25) is 0 Å². The van der Waals surface area contributed by atoms with Crippen molar-refractivity contribution in [1.29, 1.82) is 0 Å². The lowest BCUT2D eigenvalue weighted by Gasteiger charge is -2.28. The maximum atomic E-state index is 13.6. The maximum Gasteiger partial charge on any atom is 0.255 e. The number of nitrogens with zero attached hydrogens (tertiary/aromatic N) is 2. The molecule has 1 unspecified atom stereocenters. The summed E-state index contributed by atoms with van der Waals surface area (Å²) in [5.74, 6) is -1.63. The lowest BCUT2D eigenvalue weighted by molar-refractivity contribution is -0.163. The Kier molecular flexibility index (Phi) is 6.95. The van der Waals surface area contributed by atoms with Crippen LogP contribution in [0.15, 0.2) is 73.1 Å². The van der Waals surface area contributed by atoms with Gasteiger partial charge in [0, 0.05) is 24.8 Å². The van der Waals surface area contributed by atoms with Crippen molar-refractivity contribution in [2.24, 2.45) is 0 Å². The van der Waals surface area contributed by atoms with Gasteiger partial charge in [-0.1, -0.05) is 54.6 Å². The highest BCUT2D eigenvalue weighted by atomic mass is 16.8. The molecule has 2 aromatic carbocycles. The van der Waals surface area contributed by atoms with Crippen molar-refractivity contribution < 1.29 is 19.1 Å². The van der Waals surface area contributed by atoms with E-state index >= 15 is 0 Å². The monoisotopic (exact) mass is 500 g/mol. The van der Waals surface area contributed by atoms with Crippen LogP contribution in [0.3, 0.4) is 0 Å². The zero-order chi connectivity index (χ0) is 26.0. The Morgan fingerprint density at radius 1 is 1.05 bits per heavy atom. The molecule has 0 spiro atoms. The third kappa shape index (κ3) is 5.35. The van der Waals surface area contributed by atoms with Gasteiger partial charge in [-0.05, 0) is 49.4 Å². The molecule has 5 rings (SSSR count). The van der Waals surface area contributed by atoms with Gasteiger partial charge in [0.1, 0.15) is 0 Å². The minimum atomic E-state index is -1.05. The standard InChI is InChI=1S/C29H32N4O4/c1-29(2)36-25(26(37-29)28(35)33-16-6-9-24(33)21-7-4-3-5-8-21)27(34)32-17-19-10-12-20(13-11-19)22-14-15-31-18-23(22)30/h3-5,7-8,10-15,18,24-26H,6,9,16-17,30H2,1-2H3,(H,32,34)/t24?,25-,26-/m1/s1. The summed E-state index contributed by atoms with van der Waals surface area (Å²) >= 11 is 0. The number of pyridine rings is 1. The molecule has 192 valence electrons. The summed E-state index contributed by atoms with van der Waals surface area (Å²) in [6, 6.07) is 19.6. The van der Waals surface area contributed by atoms with E-state index in [1.54, 1.807) is 26.2 Å². The summed E-state index contributed by atoms with van der Waals surface area (Å²) in [4.78, 5) is 32.7. The molecule has 3 N–H and O–H groups in total. The summed E-state index contributed by atoms with van der Waals surface area (Å²) in [7, 11) is 0. The Morgan fingerprint density at radius 2 is 1.78 bits per heavy atom. The number of anilines is 1. The number of likely N-dealkylation sites (tertiary alicyclic amines) is 1. The molecule has 0 bridgehead atoms. The van der Waals surface area contributed by atoms with Gasteiger partial charge in [0.05, 0.1) is 17.9 Å². The molecule has 8 heteroatoms. The number of benzene rings is 2. The van der Waals surface area contributed by atoms with Crippen LogP contribution in [0.25, 0.3) is 11.1 Å². The summed E-state index contributed by atoms with van der Waals surface area (Å²) < 4.78 is 11.9. The molecule has 3 aromatic rings. The molecular weight excluding hydrogens is 468 g/mol. The Balaban J connectivity index is 1.26. The summed E-state index contributed by atoms with van der Waals surface area (Å²) in [6.07, 6.45) is 3.07. The fourth-order valence-corrected chi connectivity index (χ4v) is 5.11. The second-order valence-electron chi connectivity index (χ2n) is 9.95. The first-order valence-corrected chi connectivity index (χ1v) is 12.6. The number of hydrogen-bond acceptors (Lipinski definition) is 6. The third-order valence-electron chi connectivity index (χ3n) is 6.90. The van der Waals surface area contributed by atoms with Crippen LogP contribution in [0.2, 0.25) is 0 Å². The minimum Gasteiger partial charge on any atom is -0.397 e. The van der Waals surface area contributed by atoms with Crippen molar-refractivity contribution in [3.8, 4) is 11.1 Å². The van der Waals surface area contributed by atoms with Gasteiger partial charge >= 0.3 is 0 Å². The SMILES string of the molecule is CC1(C)O[C@@H](C(=O)NCc2ccc(-c3ccncc3N)cc2)[C@H](C(=O)N2CCCC2c2ccccc2)O1. The van der Waals surface area contributed by atoms with Crippen LogP contribution in [0.1, 0.15) is 43.9 Å². The van der Waals surface area contributed by atoms with Crippen molar-refractivity contribution in [3.05, 3.63) is 84.2 Å². The molecule has 0 radical (unpaired) electrons. The number of rotatable bonds is 6. The fraction of sp³-hybridized carbons (Fsp3) is 0.345. The predicted octanol–water partition coefficient (Wildman–Crippen LogP) is 3.83. The topological polar surface area (TPSA) is 107 Å². The lowest BCUT2D eigenvalue weighted by Crippen LogP contribution is -2.49. The Morgan fingerprint density at radius 3 is 2.51 bits per heavy atom. The van der Waals surface area contributed by atoms with Crippen LogP contribution >= 0.6 is 0 Å². The molecule has 2 amide bonds. The van der Waals surface area contributed by atoms with Crippen molar-refractivity contribution >= 4 is 17.5 Å². The van der Waals surface area contributed by atoms with E-state index in [0.29, 0.717) is 18.8 Å². The Hall–Kier alpha value is -3.75. The molecule has 2 saturated heterocycles. The highest BCUT2D eigenvalue weighted by Crippen LogP contribution is 2.36. The van der Waals surface area contributed by atoms with Crippen molar-refractivity contribution in [3.63, 3.8) is 0 Å². The van der Waals surface area contributed by atoms with Gasteiger partial charge in [0.25, 0.3) is 11.8 Å². The van der Waals surface area contributed by atoms with Gasteiger partial charge in [-0.15, -0.1) is 0 Å². The summed E-state index contributed by atoms with van der Waals surface area (Å²) in [6.45, 7) is 4.37. The number of hydrogen-bond donors (Lipinski definition) is 2. The van der Waals surface area contributed by atoms with E-state index in [-0.39, 0.29) is 17.9 Å². The van der Waals surface area contributed by atoms with Crippen LogP contribution in [0.4, 0.5) is 5.69 Å². The minimum absolute atomic E-state index is 0.0299. The molecule has 2 fully saturated rings. The smallest absolute Gasteiger partial charge is 0.255 e. The second-order valence-corrected chi connectivity index (χ2v) is 9.95. The first kappa shape index (κ1) is 24.9. The average molecular weight is 501 g/mol. The largest absolute Gasteiger partial charge is 0.397 e. The van der Waals surface area contributed by atoms with Gasteiger partial charge in [-0.3, -0.25) is 14.6 Å². The molecule has 2 aliphatic heterocycles. The third-order valence-corrected chi connectivity index (χ3v) is 6.90. The zero-order valence-corrected chi connectivity index (χ0v) is 21.1. The second kappa shape index (κ2) is 10.3. The predicted molar refractivity (Wildman–Crippen MR) is 140 cm³/mol. The van der Waals surface area contributed by atoms with E-state index in [1.807, 2.05) is 65.6 Å². The first-order chi connectivity index (χ1) is 17.8. The lowest BCUT2D eigenvalue weighted by atomic mass is 10.0. The summed E-state index contributed by atoms with van der Waals surface area (Å²) in [5, 5.41) is 2.92. The van der Waals surface area contributed by atoms with E-state index in [0.717, 1.165) is 35.1 Å². The van der Waals surface area contributed by atoms with Gasteiger partial charge < -0.3 is 25.4 Å². The molecular formula is C29H32N4O4. The van der Waals surface area contributed by atoms with Crippen LogP contribution < -0.4 is 11.1 Å². The van der Waals surface area contributed by atoms with Crippen LogP contribution in [-0.4, -0.2) is 46.2 Å². The highest BCUT2D eigenvalue weighted by molar-refractivity contribution is 5.92. The average Bonchev–Trinajstić information content (AvgIpc) is 3.52. The molecule has 37 heavy (non-hydrogen) atoms. The van der Waals surface area contributed by atoms with E-state index < -0.39 is 18.0 Å². The number of ether oxygens (including phenoxy) is 2. The zero-order valence-electron chi connectivity index (χ0n) is 21.1. The number of nitrogens with two attached hydrogens (primary N) is 1. The molecule has 3 heterocycles. The molecule has 1 aromatic heterocycles. The van der Waals surface area contributed by atoms with Crippen LogP contribution in [0.5, 0.6) is 0 Å². The molecule has 0 aliphatic carbocycles. The Labute approximate surface area is 216 Å². The Bertz CT molecular complexity index is 1260. The van der Waals surface area contributed by atoms with Crippen LogP contribution in [-0.2, 0) is 25.6 Å². The normalized spacial score (nSPS) is 22.6. The molecule has 3 atom stereocenters. The maximum absolute atomic E-state index is 13.6. The number of aromatic nitrogens is 1. The van der Waals surface area contributed by atoms with E-state index in [4.69, 9.17) is 15.2 Å². The number of nitrogens with one attached hydrogen (secondary N) is 1. The molecule has 8 nitrogen and oxygen atoms in total. The van der Waals surface area contributed by atoms with E-state index in [2.05, 4.69) is 10.3 Å². The van der Waals surface area contributed by atoms with Gasteiger partial charge in [-0.2, -0.15) is 0 Å². The van der Waals surface area contributed by atoms with Gasteiger partial charge in [-0.25, -0.2) is 0 Å². The summed E-state index contributed by atoms with van der Waals surface area (Å²) in [5.41, 5.74) is 10.5. The van der Waals surface area contributed by atoms with E-state index in [9.17, 15) is 9.59 Å². The van der Waals surface area contributed by atoms with Crippen molar-refractivity contribution in [2.45, 2.75) is 57.3 Å². The number of nitrogen functional groups attached to an aromatic ring is 1. The van der Waals surface area contributed by atoms with Crippen molar-refractivity contribution in [2.75, 3.05) is 12.3 Å². The van der Waals surface area contributed by atoms with Gasteiger partial charge in [0.15, 0.2) is 18.0 Å².